The molecule has 0 saturated heterocycles. The fourth-order valence-corrected chi connectivity index (χ4v) is 0.400. The molecule has 0 radical (unpaired) electrons. The van der Waals surface area contributed by atoms with Crippen LogP contribution in [-0.4, -0.2) is 51.0 Å². The van der Waals surface area contributed by atoms with Gasteiger partial charge in [0, 0.05) is 0 Å². The van der Waals surface area contributed by atoms with Crippen LogP contribution in [0.4, 0.5) is 0 Å². The Hall–Kier alpha value is -0.980. The summed E-state index contributed by atoms with van der Waals surface area (Å²) >= 11 is 0. The first-order valence-electron chi connectivity index (χ1n) is 2.69. The van der Waals surface area contributed by atoms with Gasteiger partial charge in [-0.15, -0.1) is 0 Å². The van der Waals surface area contributed by atoms with E-state index in [4.69, 9.17) is 20.4 Å². The predicted octanol–water partition coefficient (Wildman–Crippen LogP) is -2.65. The van der Waals surface area contributed by atoms with Crippen LogP contribution in [0.5, 0.6) is 0 Å². The third-order valence-electron chi connectivity index (χ3n) is 1.23. The van der Waals surface area contributed by atoms with Gasteiger partial charge in [-0.3, -0.25) is 0 Å². The zero-order valence-electron chi connectivity index (χ0n) is 5.47. The van der Waals surface area contributed by atoms with Crippen molar-refractivity contribution in [3.63, 3.8) is 0 Å². The molecule has 0 bridgehead atoms. The highest BCUT2D eigenvalue weighted by Crippen LogP contribution is 2.08. The topological polar surface area (TPSA) is 115 Å². The van der Waals surface area contributed by atoms with E-state index in [1.807, 2.05) is 0 Å². The van der Waals surface area contributed by atoms with Crippen LogP contribution >= 0.6 is 0 Å². The molecular weight excluding hydrogens is 156 g/mol. The quantitative estimate of drug-likeness (QED) is 0.337. The number of aliphatic hydroxyl groups excluding tert-OH is 2. The molecule has 11 heavy (non-hydrogen) atoms. The molecule has 0 amide bonds. The molecule has 0 aromatic heterocycles. The van der Waals surface area contributed by atoms with Crippen LogP contribution in [-0.2, 0) is 9.59 Å². The lowest BCUT2D eigenvalue weighted by Gasteiger charge is -2.22. The smallest absolute Gasteiger partial charge is 0.341 e. The monoisotopic (exact) mass is 164 g/mol. The summed E-state index contributed by atoms with van der Waals surface area (Å²) in [4.78, 5) is 20.0. The van der Waals surface area contributed by atoms with E-state index in [1.165, 1.54) is 0 Å². The molecule has 0 spiro atoms. The molecule has 0 aromatic rings. The maximum Gasteiger partial charge on any atom is 0.341 e. The fourth-order valence-electron chi connectivity index (χ4n) is 0.400. The number of carboxylic acid groups (broad SMARTS) is 1. The number of rotatable bonds is 4. The maximum absolute atomic E-state index is 10.1. The van der Waals surface area contributed by atoms with E-state index in [-0.39, 0.29) is 6.29 Å². The zero-order valence-corrected chi connectivity index (χ0v) is 5.47. The molecule has 0 rings (SSSR count). The van der Waals surface area contributed by atoms with Gasteiger partial charge in [-0.1, -0.05) is 0 Å². The summed E-state index contributed by atoms with van der Waals surface area (Å²) in [5, 5.41) is 33.9. The van der Waals surface area contributed by atoms with Crippen LogP contribution in [0.15, 0.2) is 0 Å². The van der Waals surface area contributed by atoms with Crippen molar-refractivity contribution in [1.82, 2.24) is 0 Å². The normalized spacial score (nSPS) is 18.5. The van der Waals surface area contributed by atoms with Gasteiger partial charge in [0.15, 0.2) is 12.4 Å². The molecule has 0 heterocycles. The van der Waals surface area contributed by atoms with Crippen molar-refractivity contribution in [2.24, 2.45) is 0 Å². The lowest BCUT2D eigenvalue weighted by Crippen LogP contribution is -2.53. The molecule has 0 aliphatic rings. The first kappa shape index (κ1) is 10.0. The second kappa shape index (κ2) is 3.42. The summed E-state index contributed by atoms with van der Waals surface area (Å²) in [6.07, 6.45) is -2.28. The Bertz CT molecular complexity index is 166. The second-order valence-corrected chi connectivity index (χ2v) is 1.97. The van der Waals surface area contributed by atoms with E-state index in [2.05, 4.69) is 0 Å². The molecule has 0 saturated carbocycles. The number of carbonyl (C=O) groups is 2. The maximum atomic E-state index is 10.1. The number of aliphatic hydroxyl groups is 3. The average molecular weight is 164 g/mol. The van der Waals surface area contributed by atoms with Gasteiger partial charge < -0.3 is 25.2 Å². The highest BCUT2D eigenvalue weighted by atomic mass is 16.4. The summed E-state index contributed by atoms with van der Waals surface area (Å²) in [6.45, 7) is -1.22. The number of aliphatic carboxylic acids is 1. The van der Waals surface area contributed by atoms with Crippen LogP contribution in [0.2, 0.25) is 0 Å². The van der Waals surface area contributed by atoms with Crippen molar-refractivity contribution in [3.8, 4) is 0 Å². The summed E-state index contributed by atoms with van der Waals surface area (Å²) < 4.78 is 0. The average Bonchev–Trinajstić information content (AvgIpc) is 2.01. The number of carbonyl (C=O) groups excluding carboxylic acids is 1. The van der Waals surface area contributed by atoms with Crippen molar-refractivity contribution in [1.29, 1.82) is 0 Å². The third kappa shape index (κ3) is 1.73. The van der Waals surface area contributed by atoms with Gasteiger partial charge in [0.25, 0.3) is 0 Å². The van der Waals surface area contributed by atoms with Crippen LogP contribution < -0.4 is 0 Å². The van der Waals surface area contributed by atoms with E-state index >= 15 is 0 Å². The number of aldehydes is 1. The van der Waals surface area contributed by atoms with Crippen molar-refractivity contribution >= 4 is 12.3 Å². The molecule has 0 aliphatic carbocycles. The van der Waals surface area contributed by atoms with Gasteiger partial charge in [0.2, 0.25) is 5.60 Å². The Morgan fingerprint density at radius 1 is 1.64 bits per heavy atom. The second-order valence-electron chi connectivity index (χ2n) is 1.97. The molecule has 0 fully saturated rings. The van der Waals surface area contributed by atoms with Crippen LogP contribution in [0, 0.1) is 0 Å². The van der Waals surface area contributed by atoms with Gasteiger partial charge in [0.05, 0.1) is 6.61 Å². The van der Waals surface area contributed by atoms with E-state index in [1.54, 1.807) is 0 Å². The molecule has 2 atom stereocenters. The highest BCUT2D eigenvalue weighted by molar-refractivity contribution is 5.83. The van der Waals surface area contributed by atoms with Gasteiger partial charge in [-0.25, -0.2) is 4.79 Å². The molecule has 1 unspecified atom stereocenters. The molecule has 6 heteroatoms. The Balaban J connectivity index is 4.58. The SMILES string of the molecule is O=C[C@H](O)C(O)(CO)C(=O)O. The number of carboxylic acids is 1. The number of hydrogen-bond acceptors (Lipinski definition) is 5. The molecule has 0 aromatic carbocycles. The molecular formula is C5H8O6. The van der Waals surface area contributed by atoms with Crippen LogP contribution in [0.3, 0.4) is 0 Å². The zero-order chi connectivity index (χ0) is 9.07. The summed E-state index contributed by atoms with van der Waals surface area (Å²) in [7, 11) is 0. The summed E-state index contributed by atoms with van der Waals surface area (Å²) in [6, 6.07) is 0. The molecule has 64 valence electrons. The van der Waals surface area contributed by atoms with Crippen molar-refractivity contribution < 1.29 is 30.0 Å². The van der Waals surface area contributed by atoms with Gasteiger partial charge in [-0.05, 0) is 0 Å². The van der Waals surface area contributed by atoms with Crippen molar-refractivity contribution in [3.05, 3.63) is 0 Å². The lowest BCUT2D eigenvalue weighted by atomic mass is 9.99. The predicted molar refractivity (Wildman–Crippen MR) is 31.7 cm³/mol. The Labute approximate surface area is 61.7 Å². The summed E-state index contributed by atoms with van der Waals surface area (Å²) in [5.41, 5.74) is -2.79. The van der Waals surface area contributed by atoms with Crippen LogP contribution in [0.25, 0.3) is 0 Å². The van der Waals surface area contributed by atoms with Crippen molar-refractivity contribution in [2.45, 2.75) is 11.7 Å². The Kier molecular flexibility index (Phi) is 3.12. The summed E-state index contributed by atoms with van der Waals surface area (Å²) in [5.74, 6) is -1.85. The third-order valence-corrected chi connectivity index (χ3v) is 1.23. The van der Waals surface area contributed by atoms with E-state index in [9.17, 15) is 9.59 Å². The van der Waals surface area contributed by atoms with E-state index < -0.39 is 24.3 Å². The molecule has 6 nitrogen and oxygen atoms in total. The van der Waals surface area contributed by atoms with Gasteiger partial charge >= 0.3 is 5.97 Å². The minimum Gasteiger partial charge on any atom is -0.479 e. The largest absolute Gasteiger partial charge is 0.479 e. The minimum atomic E-state index is -2.79. The van der Waals surface area contributed by atoms with Crippen molar-refractivity contribution in [2.75, 3.05) is 6.61 Å². The first-order chi connectivity index (χ1) is 4.99. The fraction of sp³-hybridized carbons (Fsp3) is 0.600. The van der Waals surface area contributed by atoms with Gasteiger partial charge in [0.1, 0.15) is 0 Å². The lowest BCUT2D eigenvalue weighted by molar-refractivity contribution is -0.178. The van der Waals surface area contributed by atoms with Crippen LogP contribution in [0.1, 0.15) is 0 Å². The Morgan fingerprint density at radius 3 is 2.18 bits per heavy atom. The highest BCUT2D eigenvalue weighted by Gasteiger charge is 2.43. The van der Waals surface area contributed by atoms with E-state index in [0.29, 0.717) is 0 Å². The molecule has 0 aliphatic heterocycles. The standard InChI is InChI=1S/C5H8O6/c6-1-3(8)5(11,2-7)4(9)10/h1,3,7-8,11H,2H2,(H,9,10)/t3-,5?/m0/s1. The first-order valence-corrected chi connectivity index (χ1v) is 2.69. The Morgan fingerprint density at radius 2 is 2.09 bits per heavy atom. The number of hydrogen-bond donors (Lipinski definition) is 4. The minimum absolute atomic E-state index is 0.162. The van der Waals surface area contributed by atoms with E-state index in [0.717, 1.165) is 0 Å². The van der Waals surface area contributed by atoms with Gasteiger partial charge in [-0.2, -0.15) is 0 Å². The molecule has 4 N–H and O–H groups in total.